The van der Waals surface area contributed by atoms with Crippen molar-refractivity contribution in [2.45, 2.75) is 31.8 Å². The third-order valence-corrected chi connectivity index (χ3v) is 4.55. The average Bonchev–Trinajstić information content (AvgIpc) is 3.21. The van der Waals surface area contributed by atoms with Gasteiger partial charge in [0.2, 0.25) is 5.91 Å². The number of nitrogens with one attached hydrogen (secondary N) is 2. The summed E-state index contributed by atoms with van der Waals surface area (Å²) in [7, 11) is 0. The minimum Gasteiger partial charge on any atom is -0.480 e. The Hall–Kier alpha value is -2.77. The van der Waals surface area contributed by atoms with Crippen molar-refractivity contribution in [2.24, 2.45) is 5.92 Å². The molecular formula is C16H18N4O4. The molecule has 1 aliphatic heterocycles. The second kappa shape index (κ2) is 6.03. The van der Waals surface area contributed by atoms with Crippen LogP contribution in [0.2, 0.25) is 0 Å². The van der Waals surface area contributed by atoms with Crippen LogP contribution in [-0.2, 0) is 14.4 Å². The molecule has 8 nitrogen and oxygen atoms in total. The highest BCUT2D eigenvalue weighted by atomic mass is 16.4. The number of nitrogens with zero attached hydrogens (tertiary/aromatic N) is 2. The van der Waals surface area contributed by atoms with E-state index in [4.69, 9.17) is 5.41 Å². The van der Waals surface area contributed by atoms with Crippen LogP contribution in [0.15, 0.2) is 18.5 Å². The van der Waals surface area contributed by atoms with Crippen LogP contribution >= 0.6 is 0 Å². The highest BCUT2D eigenvalue weighted by molar-refractivity contribution is 6.45. The number of aromatic nitrogens is 1. The molecule has 3 atom stereocenters. The summed E-state index contributed by atoms with van der Waals surface area (Å²) in [5, 5.41) is 19.9. The summed E-state index contributed by atoms with van der Waals surface area (Å²) in [6, 6.07) is 0.805. The molecule has 126 valence electrons. The molecule has 1 aliphatic carbocycles. The Balaban J connectivity index is 1.70. The van der Waals surface area contributed by atoms with E-state index in [1.54, 1.807) is 0 Å². The second-order valence-corrected chi connectivity index (χ2v) is 6.16. The summed E-state index contributed by atoms with van der Waals surface area (Å²) in [4.78, 5) is 40.5. The molecule has 0 spiro atoms. The van der Waals surface area contributed by atoms with Crippen LogP contribution in [0.3, 0.4) is 0 Å². The maximum Gasteiger partial charge on any atom is 0.326 e. The quantitative estimate of drug-likeness (QED) is 0.654. The summed E-state index contributed by atoms with van der Waals surface area (Å²) in [5.74, 6) is -1.36. The van der Waals surface area contributed by atoms with Crippen molar-refractivity contribution in [3.05, 3.63) is 24.0 Å². The molecule has 1 saturated carbocycles. The number of Topliss-reactive ketones (excluding diaryl/α,β-unsaturated/α-hetero) is 1. The van der Waals surface area contributed by atoms with E-state index in [0.29, 0.717) is 23.6 Å². The minimum atomic E-state index is -0.976. The van der Waals surface area contributed by atoms with E-state index in [-0.39, 0.29) is 30.0 Å². The van der Waals surface area contributed by atoms with Gasteiger partial charge in [0.1, 0.15) is 11.8 Å². The molecule has 0 radical (unpaired) electrons. The number of hydrogen-bond donors (Lipinski definition) is 3. The molecule has 24 heavy (non-hydrogen) atoms. The standard InChI is InChI=1S/C16H18N4O4/c1-8(21)15(17)10-2-3-18-6-11(10)19-7-14(22)20-12-4-9(12)5-13(20)16(23)24/h2-3,6,9,12-13,17,19H,4-5,7H2,1H3,(H,23,24). The fourth-order valence-electron chi connectivity index (χ4n) is 3.24. The number of ketones is 1. The van der Waals surface area contributed by atoms with Gasteiger partial charge in [-0.15, -0.1) is 0 Å². The third kappa shape index (κ3) is 2.86. The molecule has 0 bridgehead atoms. The van der Waals surface area contributed by atoms with E-state index in [1.165, 1.54) is 30.3 Å². The molecule has 1 aromatic rings. The number of anilines is 1. The number of pyridine rings is 1. The third-order valence-electron chi connectivity index (χ3n) is 4.55. The van der Waals surface area contributed by atoms with Crippen molar-refractivity contribution in [3.63, 3.8) is 0 Å². The van der Waals surface area contributed by atoms with Crippen LogP contribution in [0.25, 0.3) is 0 Å². The zero-order chi connectivity index (χ0) is 17.4. The monoisotopic (exact) mass is 330 g/mol. The Morgan fingerprint density at radius 1 is 1.42 bits per heavy atom. The van der Waals surface area contributed by atoms with Crippen LogP contribution < -0.4 is 5.32 Å². The number of likely N-dealkylation sites (tertiary alicyclic amines) is 1. The van der Waals surface area contributed by atoms with Crippen molar-refractivity contribution in [1.29, 1.82) is 5.41 Å². The molecule has 2 aliphatic rings. The molecule has 3 N–H and O–H groups in total. The van der Waals surface area contributed by atoms with E-state index in [2.05, 4.69) is 10.3 Å². The lowest BCUT2D eigenvalue weighted by Crippen LogP contribution is -2.45. The summed E-state index contributed by atoms with van der Waals surface area (Å²) in [5.41, 5.74) is 0.606. The van der Waals surface area contributed by atoms with Gasteiger partial charge in [0.05, 0.1) is 18.4 Å². The lowest BCUT2D eigenvalue weighted by molar-refractivity contribution is -0.148. The maximum absolute atomic E-state index is 12.4. The minimum absolute atomic E-state index is 0.0317. The lowest BCUT2D eigenvalue weighted by Gasteiger charge is -2.25. The van der Waals surface area contributed by atoms with E-state index in [1.807, 2.05) is 0 Å². The summed E-state index contributed by atoms with van der Waals surface area (Å²) in [6.07, 6.45) is 4.29. The molecule has 1 saturated heterocycles. The van der Waals surface area contributed by atoms with E-state index in [0.717, 1.165) is 6.42 Å². The molecule has 1 amide bonds. The van der Waals surface area contributed by atoms with Crippen LogP contribution in [-0.4, -0.2) is 57.0 Å². The van der Waals surface area contributed by atoms with Crippen molar-refractivity contribution in [2.75, 3.05) is 11.9 Å². The van der Waals surface area contributed by atoms with Gasteiger partial charge in [-0.1, -0.05) is 0 Å². The molecule has 8 heteroatoms. The zero-order valence-corrected chi connectivity index (χ0v) is 13.2. The van der Waals surface area contributed by atoms with Crippen LogP contribution in [0.4, 0.5) is 5.69 Å². The highest BCUT2D eigenvalue weighted by Gasteiger charge is 2.56. The number of aliphatic carboxylic acids is 1. The predicted octanol–water partition coefficient (Wildman–Crippen LogP) is 0.524. The fraction of sp³-hybridized carbons (Fsp3) is 0.438. The first kappa shape index (κ1) is 16.1. The van der Waals surface area contributed by atoms with Gasteiger partial charge < -0.3 is 15.3 Å². The molecular weight excluding hydrogens is 312 g/mol. The first-order valence-corrected chi connectivity index (χ1v) is 7.72. The Morgan fingerprint density at radius 3 is 2.83 bits per heavy atom. The number of fused-ring (bicyclic) bond motifs is 1. The van der Waals surface area contributed by atoms with Crippen molar-refractivity contribution in [3.8, 4) is 0 Å². The second-order valence-electron chi connectivity index (χ2n) is 6.16. The number of carboxylic acids is 1. The molecule has 2 heterocycles. The molecule has 0 aromatic carbocycles. The lowest BCUT2D eigenvalue weighted by atomic mass is 10.1. The molecule has 1 aromatic heterocycles. The summed E-state index contributed by atoms with van der Waals surface area (Å²) >= 11 is 0. The van der Waals surface area contributed by atoms with Gasteiger partial charge >= 0.3 is 5.97 Å². The summed E-state index contributed by atoms with van der Waals surface area (Å²) < 4.78 is 0. The van der Waals surface area contributed by atoms with E-state index in [9.17, 15) is 19.5 Å². The van der Waals surface area contributed by atoms with Gasteiger partial charge in [0.25, 0.3) is 0 Å². The van der Waals surface area contributed by atoms with Crippen LogP contribution in [0, 0.1) is 11.3 Å². The number of hydrogen-bond acceptors (Lipinski definition) is 6. The molecule has 3 rings (SSSR count). The molecule has 2 fully saturated rings. The highest BCUT2D eigenvalue weighted by Crippen LogP contribution is 2.47. The van der Waals surface area contributed by atoms with Crippen LogP contribution in [0.5, 0.6) is 0 Å². The number of carbonyl (C=O) groups is 3. The Kier molecular flexibility index (Phi) is 4.04. The zero-order valence-electron chi connectivity index (χ0n) is 13.2. The van der Waals surface area contributed by atoms with Crippen LogP contribution in [0.1, 0.15) is 25.3 Å². The Bertz CT molecular complexity index is 733. The van der Waals surface area contributed by atoms with E-state index >= 15 is 0 Å². The Labute approximate surface area is 138 Å². The number of carbonyl (C=O) groups excluding carboxylic acids is 2. The van der Waals surface area contributed by atoms with Crippen molar-refractivity contribution < 1.29 is 19.5 Å². The normalized spacial score (nSPS) is 24.2. The predicted molar refractivity (Wildman–Crippen MR) is 85.0 cm³/mol. The van der Waals surface area contributed by atoms with Crippen molar-refractivity contribution in [1.82, 2.24) is 9.88 Å². The topological polar surface area (TPSA) is 123 Å². The largest absolute Gasteiger partial charge is 0.480 e. The number of rotatable bonds is 6. The average molecular weight is 330 g/mol. The van der Waals surface area contributed by atoms with Gasteiger partial charge in [0, 0.05) is 24.7 Å². The summed E-state index contributed by atoms with van der Waals surface area (Å²) in [6.45, 7) is 1.20. The van der Waals surface area contributed by atoms with Gasteiger partial charge in [-0.05, 0) is 24.8 Å². The molecule has 3 unspecified atom stereocenters. The SMILES string of the molecule is CC(=O)C(=N)c1ccncc1NCC(=O)N1C(C(=O)O)CC2CC21. The smallest absolute Gasteiger partial charge is 0.326 e. The maximum atomic E-state index is 12.4. The number of piperidine rings is 1. The number of amides is 1. The first-order valence-electron chi connectivity index (χ1n) is 7.72. The number of carboxylic acid groups (broad SMARTS) is 1. The van der Waals surface area contributed by atoms with Gasteiger partial charge in [-0.2, -0.15) is 0 Å². The first-order chi connectivity index (χ1) is 11.4. The Morgan fingerprint density at radius 2 is 2.17 bits per heavy atom. The fourth-order valence-corrected chi connectivity index (χ4v) is 3.24. The van der Waals surface area contributed by atoms with Gasteiger partial charge in [0.15, 0.2) is 5.78 Å². The van der Waals surface area contributed by atoms with Gasteiger partial charge in [-0.3, -0.25) is 20.0 Å². The van der Waals surface area contributed by atoms with Crippen molar-refractivity contribution >= 4 is 29.1 Å². The van der Waals surface area contributed by atoms with E-state index < -0.39 is 12.0 Å². The van der Waals surface area contributed by atoms with Gasteiger partial charge in [-0.25, -0.2) is 4.79 Å².